The summed E-state index contributed by atoms with van der Waals surface area (Å²) >= 11 is 0. The number of anilines is 1. The SMILES string of the molecule is Cc1nc(-c2nnc(C(C)(O)C(F)(F)F)o2)c(N)cc1C(F)(F)F. The number of hydrogen-bond acceptors (Lipinski definition) is 6. The Balaban J connectivity index is 2.51. The van der Waals surface area contributed by atoms with Gasteiger partial charge in [-0.2, -0.15) is 26.3 Å². The first-order chi connectivity index (χ1) is 10.7. The van der Waals surface area contributed by atoms with Gasteiger partial charge in [0.1, 0.15) is 0 Å². The number of hydrogen-bond donors (Lipinski definition) is 2. The van der Waals surface area contributed by atoms with Gasteiger partial charge in [-0.15, -0.1) is 10.2 Å². The molecule has 0 spiro atoms. The average Bonchev–Trinajstić information content (AvgIpc) is 2.88. The predicted octanol–water partition coefficient (Wildman–Crippen LogP) is 2.81. The van der Waals surface area contributed by atoms with E-state index in [4.69, 9.17) is 10.2 Å². The van der Waals surface area contributed by atoms with Crippen molar-refractivity contribution in [2.24, 2.45) is 0 Å². The van der Waals surface area contributed by atoms with Gasteiger partial charge in [0, 0.05) is 0 Å². The molecule has 2 aromatic rings. The van der Waals surface area contributed by atoms with Crippen molar-refractivity contribution in [3.8, 4) is 11.6 Å². The minimum atomic E-state index is -5.11. The van der Waals surface area contributed by atoms with E-state index in [1.54, 1.807) is 0 Å². The molecule has 0 aliphatic carbocycles. The van der Waals surface area contributed by atoms with Gasteiger partial charge in [0.25, 0.3) is 11.8 Å². The number of alkyl halides is 6. The fourth-order valence-electron chi connectivity index (χ4n) is 1.72. The molecule has 2 rings (SSSR count). The number of halogens is 6. The Morgan fingerprint density at radius 1 is 1.12 bits per heavy atom. The smallest absolute Gasteiger partial charge is 0.416 e. The molecule has 6 nitrogen and oxygen atoms in total. The fourth-order valence-corrected chi connectivity index (χ4v) is 1.72. The summed E-state index contributed by atoms with van der Waals surface area (Å²) in [5.41, 5.74) is -0.510. The minimum Gasteiger partial charge on any atom is -0.416 e. The first-order valence-corrected chi connectivity index (χ1v) is 6.23. The van der Waals surface area contributed by atoms with E-state index in [0.29, 0.717) is 13.0 Å². The summed E-state index contributed by atoms with van der Waals surface area (Å²) in [5.74, 6) is -1.84. The predicted molar refractivity (Wildman–Crippen MR) is 67.3 cm³/mol. The number of nitrogens with two attached hydrogens (primary N) is 1. The Labute approximate surface area is 130 Å². The lowest BCUT2D eigenvalue weighted by Crippen LogP contribution is -2.39. The lowest BCUT2D eigenvalue weighted by atomic mass is 10.1. The Bertz CT molecular complexity index is 766. The third-order valence-corrected chi connectivity index (χ3v) is 3.14. The van der Waals surface area contributed by atoms with Crippen LogP contribution in [0.2, 0.25) is 0 Å². The fraction of sp³-hybridized carbons (Fsp3) is 0.417. The van der Waals surface area contributed by atoms with Crippen LogP contribution in [0.15, 0.2) is 10.5 Å². The second-order valence-electron chi connectivity index (χ2n) is 5.04. The van der Waals surface area contributed by atoms with Crippen molar-refractivity contribution < 1.29 is 35.9 Å². The minimum absolute atomic E-state index is 0.388. The van der Waals surface area contributed by atoms with E-state index < -0.39 is 52.4 Å². The van der Waals surface area contributed by atoms with Crippen LogP contribution in [0, 0.1) is 6.92 Å². The largest absolute Gasteiger partial charge is 0.426 e. The number of aromatic nitrogens is 3. The van der Waals surface area contributed by atoms with Crippen LogP contribution >= 0.6 is 0 Å². The molecule has 24 heavy (non-hydrogen) atoms. The molecular weight excluding hydrogens is 346 g/mol. The van der Waals surface area contributed by atoms with Gasteiger partial charge in [0.15, 0.2) is 5.69 Å². The molecule has 1 unspecified atom stereocenters. The summed E-state index contributed by atoms with van der Waals surface area (Å²) in [6, 6.07) is 0.559. The van der Waals surface area contributed by atoms with Gasteiger partial charge in [0.2, 0.25) is 5.60 Å². The van der Waals surface area contributed by atoms with Crippen LogP contribution in [0.3, 0.4) is 0 Å². The molecule has 12 heteroatoms. The first-order valence-electron chi connectivity index (χ1n) is 6.23. The highest BCUT2D eigenvalue weighted by Gasteiger charge is 2.55. The van der Waals surface area contributed by atoms with Gasteiger partial charge in [0.05, 0.1) is 16.9 Å². The van der Waals surface area contributed by atoms with Gasteiger partial charge in [-0.3, -0.25) is 0 Å². The second-order valence-corrected chi connectivity index (χ2v) is 5.04. The van der Waals surface area contributed by atoms with Gasteiger partial charge < -0.3 is 15.3 Å². The quantitative estimate of drug-likeness (QED) is 0.803. The maximum Gasteiger partial charge on any atom is 0.426 e. The molecular formula is C12H10F6N4O2. The lowest BCUT2D eigenvalue weighted by molar-refractivity contribution is -0.266. The second kappa shape index (κ2) is 5.33. The van der Waals surface area contributed by atoms with Crippen molar-refractivity contribution in [3.63, 3.8) is 0 Å². The van der Waals surface area contributed by atoms with E-state index in [-0.39, 0.29) is 0 Å². The Morgan fingerprint density at radius 2 is 1.71 bits per heavy atom. The van der Waals surface area contributed by atoms with Crippen LogP contribution in [0.1, 0.15) is 24.1 Å². The van der Waals surface area contributed by atoms with Crippen molar-refractivity contribution in [1.82, 2.24) is 15.2 Å². The lowest BCUT2D eigenvalue weighted by Gasteiger charge is -2.21. The number of rotatable bonds is 2. The summed E-state index contributed by atoms with van der Waals surface area (Å²) in [4.78, 5) is 3.56. The molecule has 0 radical (unpaired) electrons. The number of aliphatic hydroxyl groups is 1. The zero-order valence-electron chi connectivity index (χ0n) is 12.1. The molecule has 0 saturated carbocycles. The molecule has 2 heterocycles. The molecule has 3 N–H and O–H groups in total. The van der Waals surface area contributed by atoms with Crippen molar-refractivity contribution >= 4 is 5.69 Å². The normalized spacial score (nSPS) is 15.4. The Morgan fingerprint density at radius 3 is 2.21 bits per heavy atom. The number of nitrogen functional groups attached to an aromatic ring is 1. The summed E-state index contributed by atoms with van der Waals surface area (Å²) in [6.07, 6.45) is -9.81. The van der Waals surface area contributed by atoms with Crippen LogP contribution in [-0.2, 0) is 11.8 Å². The molecule has 0 fully saturated rings. The van der Waals surface area contributed by atoms with E-state index in [9.17, 15) is 31.4 Å². The highest BCUT2D eigenvalue weighted by Crippen LogP contribution is 2.39. The molecule has 2 aromatic heterocycles. The van der Waals surface area contributed by atoms with Crippen molar-refractivity contribution in [2.75, 3.05) is 5.73 Å². The number of aryl methyl sites for hydroxylation is 1. The van der Waals surface area contributed by atoms with Crippen molar-refractivity contribution in [1.29, 1.82) is 0 Å². The van der Waals surface area contributed by atoms with Crippen LogP contribution in [-0.4, -0.2) is 26.5 Å². The van der Waals surface area contributed by atoms with Gasteiger partial charge in [-0.25, -0.2) is 4.98 Å². The summed E-state index contributed by atoms with van der Waals surface area (Å²) in [5, 5.41) is 15.8. The number of pyridine rings is 1. The standard InChI is InChI=1S/C12H10F6N4O2/c1-4-5(11(13,14)15)3-6(19)7(20-4)8-21-22-9(24-8)10(2,23)12(16,17)18/h3,23H,19H2,1-2H3. The maximum atomic E-state index is 12.7. The van der Waals surface area contributed by atoms with E-state index in [1.807, 2.05) is 0 Å². The van der Waals surface area contributed by atoms with Crippen molar-refractivity contribution in [3.05, 3.63) is 23.2 Å². The summed E-state index contributed by atoms with van der Waals surface area (Å²) < 4.78 is 81.1. The van der Waals surface area contributed by atoms with Crippen LogP contribution in [0.5, 0.6) is 0 Å². The highest BCUT2D eigenvalue weighted by atomic mass is 19.4. The maximum absolute atomic E-state index is 12.7. The zero-order valence-corrected chi connectivity index (χ0v) is 12.1. The molecule has 0 aromatic carbocycles. The third kappa shape index (κ3) is 3.00. The molecule has 0 saturated heterocycles. The van der Waals surface area contributed by atoms with E-state index in [0.717, 1.165) is 6.92 Å². The van der Waals surface area contributed by atoms with Crippen LogP contribution in [0.4, 0.5) is 32.0 Å². The van der Waals surface area contributed by atoms with Gasteiger partial charge in [-0.05, 0) is 19.9 Å². The highest BCUT2D eigenvalue weighted by molar-refractivity contribution is 5.67. The summed E-state index contributed by atoms with van der Waals surface area (Å²) in [7, 11) is 0. The molecule has 1 atom stereocenters. The van der Waals surface area contributed by atoms with Crippen molar-refractivity contribution in [2.45, 2.75) is 31.8 Å². The summed E-state index contributed by atoms with van der Waals surface area (Å²) in [6.45, 7) is 1.42. The molecule has 0 amide bonds. The molecule has 132 valence electrons. The van der Waals surface area contributed by atoms with Crippen LogP contribution < -0.4 is 5.73 Å². The topological polar surface area (TPSA) is 98.1 Å². The van der Waals surface area contributed by atoms with Gasteiger partial charge >= 0.3 is 12.4 Å². The molecule has 0 aliphatic rings. The van der Waals surface area contributed by atoms with E-state index in [2.05, 4.69) is 15.2 Å². The monoisotopic (exact) mass is 356 g/mol. The van der Waals surface area contributed by atoms with E-state index in [1.165, 1.54) is 0 Å². The molecule has 0 bridgehead atoms. The average molecular weight is 356 g/mol. The van der Waals surface area contributed by atoms with Gasteiger partial charge in [-0.1, -0.05) is 0 Å². The van der Waals surface area contributed by atoms with Crippen LogP contribution in [0.25, 0.3) is 11.6 Å². The molecule has 0 aliphatic heterocycles. The third-order valence-electron chi connectivity index (χ3n) is 3.14. The first kappa shape index (κ1) is 18.0. The Hall–Kier alpha value is -2.37. The Kier molecular flexibility index (Phi) is 3.99. The van der Waals surface area contributed by atoms with E-state index >= 15 is 0 Å². The zero-order chi connectivity index (χ0) is 18.5. The number of nitrogens with zero attached hydrogens (tertiary/aromatic N) is 3.